The average molecular weight is 507 g/mol. The number of carboxylic acid groups (broad SMARTS) is 1. The third-order valence-corrected chi connectivity index (χ3v) is 7.13. The van der Waals surface area contributed by atoms with Crippen LogP contribution in [0.5, 0.6) is 17.2 Å². The highest BCUT2D eigenvalue weighted by Crippen LogP contribution is 2.32. The molecule has 0 radical (unpaired) electrons. The Balaban J connectivity index is 1.17. The lowest BCUT2D eigenvalue weighted by molar-refractivity contribution is 0.0501. The first-order valence-corrected chi connectivity index (χ1v) is 12.5. The Morgan fingerprint density at radius 1 is 1.08 bits per heavy atom. The van der Waals surface area contributed by atoms with Gasteiger partial charge < -0.3 is 24.6 Å². The average Bonchev–Trinajstić information content (AvgIpc) is 3.13. The van der Waals surface area contributed by atoms with E-state index in [9.17, 15) is 14.7 Å². The van der Waals surface area contributed by atoms with E-state index in [1.807, 2.05) is 0 Å². The van der Waals surface area contributed by atoms with E-state index in [0.717, 1.165) is 25.9 Å². The lowest BCUT2D eigenvalue weighted by Gasteiger charge is -2.42. The number of rotatable bonds is 9. The molecule has 2 fully saturated rings. The van der Waals surface area contributed by atoms with Crippen LogP contribution in [-0.4, -0.2) is 90.9 Å². The van der Waals surface area contributed by atoms with Gasteiger partial charge in [0.25, 0.3) is 0 Å². The molecule has 1 amide bonds. The van der Waals surface area contributed by atoms with E-state index in [0.29, 0.717) is 54.7 Å². The molecule has 2 N–H and O–H groups in total. The third-order valence-electron chi connectivity index (χ3n) is 7.13. The Labute approximate surface area is 215 Å². The summed E-state index contributed by atoms with van der Waals surface area (Å²) < 4.78 is 17.0. The highest BCUT2D eigenvalue weighted by molar-refractivity contribution is 5.98. The van der Waals surface area contributed by atoms with E-state index in [1.165, 1.54) is 0 Å². The molecule has 2 aromatic rings. The van der Waals surface area contributed by atoms with Gasteiger partial charge >= 0.3 is 6.09 Å². The largest absolute Gasteiger partial charge is 0.491 e. The molecule has 10 heteroatoms. The number of amides is 1. The smallest absolute Gasteiger partial charge is 0.405 e. The SMILES string of the molecule is N#Cc1ccc(OC[C@H](CN2C3CCC2CN(CC(=O)c2ccc4c(c2)OCCO4)C3)NC(=O)O)cc1. The summed E-state index contributed by atoms with van der Waals surface area (Å²) in [5.41, 5.74) is 1.15. The van der Waals surface area contributed by atoms with Crippen LogP contribution in [0.3, 0.4) is 0 Å². The summed E-state index contributed by atoms with van der Waals surface area (Å²) in [5, 5.41) is 20.9. The van der Waals surface area contributed by atoms with Gasteiger partial charge in [-0.3, -0.25) is 14.6 Å². The summed E-state index contributed by atoms with van der Waals surface area (Å²) >= 11 is 0. The first-order valence-electron chi connectivity index (χ1n) is 12.5. The number of benzene rings is 2. The quantitative estimate of drug-likeness (QED) is 0.493. The zero-order valence-corrected chi connectivity index (χ0v) is 20.5. The van der Waals surface area contributed by atoms with Gasteiger partial charge in [0.1, 0.15) is 25.6 Å². The molecule has 3 heterocycles. The summed E-state index contributed by atoms with van der Waals surface area (Å²) in [6, 6.07) is 14.2. The van der Waals surface area contributed by atoms with Crippen molar-refractivity contribution >= 4 is 11.9 Å². The zero-order chi connectivity index (χ0) is 25.8. The maximum absolute atomic E-state index is 13.0. The fourth-order valence-corrected chi connectivity index (χ4v) is 5.41. The van der Waals surface area contributed by atoms with Gasteiger partial charge in [0, 0.05) is 37.3 Å². The van der Waals surface area contributed by atoms with E-state index in [4.69, 9.17) is 19.5 Å². The van der Waals surface area contributed by atoms with Crippen LogP contribution in [0.4, 0.5) is 4.79 Å². The Bertz CT molecular complexity index is 1170. The highest BCUT2D eigenvalue weighted by Gasteiger charge is 2.41. The normalized spacial score (nSPS) is 21.6. The Kier molecular flexibility index (Phi) is 7.44. The minimum absolute atomic E-state index is 0.0473. The number of hydrogen-bond acceptors (Lipinski definition) is 8. The molecule has 3 atom stereocenters. The predicted molar refractivity (Wildman–Crippen MR) is 133 cm³/mol. The van der Waals surface area contributed by atoms with Crippen LogP contribution in [-0.2, 0) is 0 Å². The Morgan fingerprint density at radius 3 is 2.46 bits per heavy atom. The molecule has 2 unspecified atom stereocenters. The first kappa shape index (κ1) is 24.9. The second kappa shape index (κ2) is 11.1. The van der Waals surface area contributed by atoms with Crippen molar-refractivity contribution in [3.63, 3.8) is 0 Å². The maximum atomic E-state index is 13.0. The summed E-state index contributed by atoms with van der Waals surface area (Å²) in [4.78, 5) is 29.0. The maximum Gasteiger partial charge on any atom is 0.405 e. The molecule has 5 rings (SSSR count). The van der Waals surface area contributed by atoms with Crippen LogP contribution in [0.1, 0.15) is 28.8 Å². The van der Waals surface area contributed by atoms with Gasteiger partial charge in [-0.25, -0.2) is 4.79 Å². The molecular weight excluding hydrogens is 476 g/mol. The molecule has 37 heavy (non-hydrogen) atoms. The number of nitriles is 1. The fraction of sp³-hybridized carbons (Fsp3) is 0.444. The van der Waals surface area contributed by atoms with Crippen molar-refractivity contribution < 1.29 is 28.9 Å². The van der Waals surface area contributed by atoms with Crippen molar-refractivity contribution in [3.8, 4) is 23.3 Å². The van der Waals surface area contributed by atoms with E-state index in [2.05, 4.69) is 21.2 Å². The monoisotopic (exact) mass is 506 g/mol. The Hall–Kier alpha value is -3.81. The van der Waals surface area contributed by atoms with Crippen LogP contribution in [0.2, 0.25) is 0 Å². The standard InChI is InChI=1S/C27H30N4O6/c28-12-18-1-6-23(7-2-18)37-17-20(29-27(33)34)13-31-21-4-5-22(31)15-30(14-21)16-24(32)19-3-8-25-26(11-19)36-10-9-35-25/h1-3,6-8,11,20-22,29H,4-5,9-10,13-17H2,(H,33,34)/t20-,21?,22?/m0/s1. The highest BCUT2D eigenvalue weighted by atomic mass is 16.6. The zero-order valence-electron chi connectivity index (χ0n) is 20.5. The van der Waals surface area contributed by atoms with E-state index in [-0.39, 0.29) is 24.5 Å². The lowest BCUT2D eigenvalue weighted by Crippen LogP contribution is -2.58. The number of hydrogen-bond donors (Lipinski definition) is 2. The Morgan fingerprint density at radius 2 is 1.78 bits per heavy atom. The second-order valence-corrected chi connectivity index (χ2v) is 9.65. The predicted octanol–water partition coefficient (Wildman–Crippen LogP) is 2.38. The van der Waals surface area contributed by atoms with E-state index >= 15 is 0 Å². The van der Waals surface area contributed by atoms with Gasteiger partial charge in [0.2, 0.25) is 0 Å². The molecule has 0 aromatic heterocycles. The van der Waals surface area contributed by atoms with E-state index < -0.39 is 12.1 Å². The van der Waals surface area contributed by atoms with Crippen molar-refractivity contribution in [1.29, 1.82) is 5.26 Å². The molecule has 0 aliphatic carbocycles. The second-order valence-electron chi connectivity index (χ2n) is 9.65. The van der Waals surface area contributed by atoms with Gasteiger partial charge in [0.05, 0.1) is 24.2 Å². The molecule has 0 saturated carbocycles. The van der Waals surface area contributed by atoms with Crippen molar-refractivity contribution in [2.45, 2.75) is 31.0 Å². The summed E-state index contributed by atoms with van der Waals surface area (Å²) in [6.07, 6.45) is 0.926. The number of Topliss-reactive ketones (excluding diaryl/α,β-unsaturated/α-hetero) is 1. The number of likely N-dealkylation sites (tertiary alicyclic amines) is 1. The minimum Gasteiger partial charge on any atom is -0.491 e. The molecule has 2 aromatic carbocycles. The fourth-order valence-electron chi connectivity index (χ4n) is 5.41. The summed E-state index contributed by atoms with van der Waals surface area (Å²) in [7, 11) is 0. The summed E-state index contributed by atoms with van der Waals surface area (Å²) in [5.74, 6) is 1.91. The molecule has 3 aliphatic rings. The van der Waals surface area contributed by atoms with Crippen LogP contribution in [0.25, 0.3) is 0 Å². The number of piperazine rings is 1. The van der Waals surface area contributed by atoms with E-state index in [1.54, 1.807) is 42.5 Å². The first-order chi connectivity index (χ1) is 18.0. The van der Waals surface area contributed by atoms with Crippen LogP contribution >= 0.6 is 0 Å². The molecule has 194 valence electrons. The number of ketones is 1. The molecule has 3 aliphatic heterocycles. The number of ether oxygens (including phenoxy) is 3. The van der Waals surface area contributed by atoms with Gasteiger partial charge in [-0.05, 0) is 55.3 Å². The van der Waals surface area contributed by atoms with Crippen LogP contribution in [0.15, 0.2) is 42.5 Å². The van der Waals surface area contributed by atoms with Gasteiger partial charge in [-0.1, -0.05) is 0 Å². The van der Waals surface area contributed by atoms with Crippen molar-refractivity contribution in [2.75, 3.05) is 46.0 Å². The molecule has 2 bridgehead atoms. The van der Waals surface area contributed by atoms with Gasteiger partial charge in [-0.2, -0.15) is 5.26 Å². The topological polar surface area (TPSA) is 124 Å². The number of nitrogens with one attached hydrogen (secondary N) is 1. The van der Waals surface area contributed by atoms with Crippen LogP contribution in [0, 0.1) is 11.3 Å². The number of fused-ring (bicyclic) bond motifs is 3. The number of carbonyl (C=O) groups excluding carboxylic acids is 1. The molecule has 0 spiro atoms. The van der Waals surface area contributed by atoms with Gasteiger partial charge in [-0.15, -0.1) is 0 Å². The van der Waals surface area contributed by atoms with Crippen molar-refractivity contribution in [2.24, 2.45) is 0 Å². The lowest BCUT2D eigenvalue weighted by atomic mass is 10.1. The summed E-state index contributed by atoms with van der Waals surface area (Å²) in [6.45, 7) is 3.54. The third kappa shape index (κ3) is 5.96. The molecular formula is C27H30N4O6. The van der Waals surface area contributed by atoms with Crippen molar-refractivity contribution in [3.05, 3.63) is 53.6 Å². The molecule has 2 saturated heterocycles. The van der Waals surface area contributed by atoms with Crippen molar-refractivity contribution in [1.82, 2.24) is 15.1 Å². The number of nitrogens with zero attached hydrogens (tertiary/aromatic N) is 3. The number of carbonyl (C=O) groups is 2. The molecule has 10 nitrogen and oxygen atoms in total. The van der Waals surface area contributed by atoms with Gasteiger partial charge in [0.15, 0.2) is 17.3 Å². The minimum atomic E-state index is -1.09. The van der Waals surface area contributed by atoms with Crippen LogP contribution < -0.4 is 19.5 Å².